The molecule has 0 saturated carbocycles. The van der Waals surface area contributed by atoms with E-state index < -0.39 is 23.3 Å². The molecule has 170 valence electrons. The lowest BCUT2D eigenvalue weighted by Gasteiger charge is -2.14. The lowest BCUT2D eigenvalue weighted by molar-refractivity contribution is -0.143. The van der Waals surface area contributed by atoms with Crippen LogP contribution < -0.4 is 5.32 Å². The van der Waals surface area contributed by atoms with Gasteiger partial charge in [0.2, 0.25) is 0 Å². The number of nitrogens with one attached hydrogen (secondary N) is 1. The summed E-state index contributed by atoms with van der Waals surface area (Å²) < 4.78 is 43.0. The van der Waals surface area contributed by atoms with Crippen molar-refractivity contribution in [1.29, 1.82) is 0 Å². The zero-order chi connectivity index (χ0) is 23.9. The molecule has 0 aliphatic rings. The third-order valence-electron chi connectivity index (χ3n) is 5.01. The third kappa shape index (κ3) is 3.86. The van der Waals surface area contributed by atoms with Gasteiger partial charge >= 0.3 is 6.18 Å². The van der Waals surface area contributed by atoms with Crippen LogP contribution in [-0.2, 0) is 6.18 Å². The highest BCUT2D eigenvalue weighted by molar-refractivity contribution is 6.32. The second kappa shape index (κ2) is 8.27. The highest BCUT2D eigenvalue weighted by atomic mass is 35.5. The topological polar surface area (TPSA) is 90.5 Å². The molecule has 2 aromatic carbocycles. The molecule has 5 rings (SSSR count). The van der Waals surface area contributed by atoms with Gasteiger partial charge in [-0.2, -0.15) is 33.3 Å². The molecule has 3 heterocycles. The molecule has 1 amide bonds. The van der Waals surface area contributed by atoms with Crippen LogP contribution in [0.5, 0.6) is 0 Å². The predicted molar refractivity (Wildman–Crippen MR) is 118 cm³/mol. The average molecular weight is 484 g/mol. The van der Waals surface area contributed by atoms with Crippen molar-refractivity contribution < 1.29 is 18.0 Å². The number of hydrogen-bond acceptors (Lipinski definition) is 5. The van der Waals surface area contributed by atoms with E-state index in [1.807, 2.05) is 0 Å². The molecule has 0 radical (unpaired) electrons. The minimum absolute atomic E-state index is 0.149. The van der Waals surface area contributed by atoms with Gasteiger partial charge in [-0.1, -0.05) is 23.7 Å². The average Bonchev–Trinajstić information content (AvgIpc) is 3.49. The van der Waals surface area contributed by atoms with Gasteiger partial charge in [-0.25, -0.2) is 4.68 Å². The number of pyridine rings is 1. The number of aromatic nitrogens is 6. The van der Waals surface area contributed by atoms with Crippen molar-refractivity contribution >= 4 is 34.0 Å². The molecule has 0 aliphatic heterocycles. The summed E-state index contributed by atoms with van der Waals surface area (Å²) in [6, 6.07) is 10.9. The van der Waals surface area contributed by atoms with Crippen LogP contribution in [0.4, 0.5) is 18.9 Å². The number of anilines is 1. The quantitative estimate of drug-likeness (QED) is 0.391. The van der Waals surface area contributed by atoms with Crippen LogP contribution >= 0.6 is 11.6 Å². The molecule has 0 unspecified atom stereocenters. The summed E-state index contributed by atoms with van der Waals surface area (Å²) in [5.41, 5.74) is -1.05. The number of amides is 1. The highest BCUT2D eigenvalue weighted by Gasteiger charge is 2.41. The van der Waals surface area contributed by atoms with Gasteiger partial charge in [-0.05, 0) is 35.7 Å². The minimum atomic E-state index is -4.86. The lowest BCUT2D eigenvalue weighted by Crippen LogP contribution is -2.21. The Bertz CT molecular complexity index is 1510. The summed E-state index contributed by atoms with van der Waals surface area (Å²) in [6.07, 6.45) is 1.95. The number of rotatable bonds is 4. The first-order valence-corrected chi connectivity index (χ1v) is 10.2. The SMILES string of the molecule is O=C(Nc1ccc(-n2nccn2)c(Cl)c1)c1cnn(-c2cccc3ccncc23)c1C(F)(F)F. The first kappa shape index (κ1) is 21.6. The summed E-state index contributed by atoms with van der Waals surface area (Å²) in [4.78, 5) is 18.1. The van der Waals surface area contributed by atoms with Crippen LogP contribution in [0.25, 0.3) is 22.1 Å². The van der Waals surface area contributed by atoms with Crippen molar-refractivity contribution in [3.8, 4) is 11.4 Å². The van der Waals surface area contributed by atoms with Gasteiger partial charge in [-0.3, -0.25) is 9.78 Å². The maximum atomic E-state index is 14.1. The summed E-state index contributed by atoms with van der Waals surface area (Å²) in [5.74, 6) is -0.988. The number of nitrogens with zero attached hydrogens (tertiary/aromatic N) is 6. The smallest absolute Gasteiger partial charge is 0.322 e. The second-order valence-electron chi connectivity index (χ2n) is 7.13. The zero-order valence-corrected chi connectivity index (χ0v) is 17.8. The van der Waals surface area contributed by atoms with Crippen molar-refractivity contribution in [3.05, 3.63) is 89.7 Å². The van der Waals surface area contributed by atoms with Gasteiger partial charge < -0.3 is 5.32 Å². The van der Waals surface area contributed by atoms with Crippen LogP contribution in [-0.4, -0.2) is 35.7 Å². The van der Waals surface area contributed by atoms with Crippen molar-refractivity contribution in [3.63, 3.8) is 0 Å². The van der Waals surface area contributed by atoms with E-state index in [2.05, 4.69) is 25.6 Å². The summed E-state index contributed by atoms with van der Waals surface area (Å²) >= 11 is 6.24. The highest BCUT2D eigenvalue weighted by Crippen LogP contribution is 2.35. The molecular weight excluding hydrogens is 471 g/mol. The zero-order valence-electron chi connectivity index (χ0n) is 17.0. The van der Waals surface area contributed by atoms with Crippen molar-refractivity contribution in [2.24, 2.45) is 0 Å². The van der Waals surface area contributed by atoms with Crippen LogP contribution in [0, 0.1) is 0 Å². The monoisotopic (exact) mass is 483 g/mol. The van der Waals surface area contributed by atoms with E-state index in [4.69, 9.17) is 11.6 Å². The molecule has 3 aromatic heterocycles. The number of alkyl halides is 3. The van der Waals surface area contributed by atoms with Gasteiger partial charge in [0.05, 0.1) is 34.9 Å². The van der Waals surface area contributed by atoms with E-state index in [1.54, 1.807) is 18.2 Å². The fourth-order valence-corrected chi connectivity index (χ4v) is 3.79. The van der Waals surface area contributed by atoms with Crippen LogP contribution in [0.1, 0.15) is 16.1 Å². The number of carbonyl (C=O) groups excluding carboxylic acids is 1. The van der Waals surface area contributed by atoms with E-state index in [9.17, 15) is 18.0 Å². The lowest BCUT2D eigenvalue weighted by atomic mass is 10.1. The largest absolute Gasteiger partial charge is 0.434 e. The Kier molecular flexibility index (Phi) is 5.25. The molecule has 0 saturated heterocycles. The standard InChI is InChI=1S/C22H13ClF3N7O/c23-17-10-14(4-5-19(17)33-28-8-9-29-33)31-21(34)16-12-30-32(20(16)22(24,25)26)18-3-1-2-13-6-7-27-11-15(13)18/h1-12H,(H,31,34). The van der Waals surface area contributed by atoms with E-state index in [-0.39, 0.29) is 16.4 Å². The molecule has 34 heavy (non-hydrogen) atoms. The Labute approximate surface area is 194 Å². The van der Waals surface area contributed by atoms with Gasteiger partial charge in [0.25, 0.3) is 5.91 Å². The van der Waals surface area contributed by atoms with Crippen molar-refractivity contribution in [2.75, 3.05) is 5.32 Å². The van der Waals surface area contributed by atoms with Crippen molar-refractivity contribution in [2.45, 2.75) is 6.18 Å². The number of benzene rings is 2. The van der Waals surface area contributed by atoms with E-state index in [1.165, 1.54) is 53.8 Å². The second-order valence-corrected chi connectivity index (χ2v) is 7.54. The molecule has 0 spiro atoms. The van der Waals surface area contributed by atoms with E-state index in [0.717, 1.165) is 6.20 Å². The third-order valence-corrected chi connectivity index (χ3v) is 5.31. The van der Waals surface area contributed by atoms with Crippen LogP contribution in [0.3, 0.4) is 0 Å². The molecule has 12 heteroatoms. The predicted octanol–water partition coefficient (Wildman–Crippen LogP) is 4.93. The Morgan fingerprint density at radius 2 is 1.74 bits per heavy atom. The molecule has 0 bridgehead atoms. The Balaban J connectivity index is 1.53. The van der Waals surface area contributed by atoms with E-state index >= 15 is 0 Å². The maximum Gasteiger partial charge on any atom is 0.434 e. The number of carbonyl (C=O) groups is 1. The number of hydrogen-bond donors (Lipinski definition) is 1. The molecule has 5 aromatic rings. The Morgan fingerprint density at radius 1 is 0.941 bits per heavy atom. The summed E-state index contributed by atoms with van der Waals surface area (Å²) in [6.45, 7) is 0. The Morgan fingerprint density at radius 3 is 2.47 bits per heavy atom. The van der Waals surface area contributed by atoms with Gasteiger partial charge in [0.1, 0.15) is 5.69 Å². The molecule has 0 atom stereocenters. The van der Waals surface area contributed by atoms with Gasteiger partial charge in [-0.15, -0.1) is 0 Å². The summed E-state index contributed by atoms with van der Waals surface area (Å²) in [7, 11) is 0. The molecule has 8 nitrogen and oxygen atoms in total. The van der Waals surface area contributed by atoms with Crippen LogP contribution in [0.2, 0.25) is 5.02 Å². The minimum Gasteiger partial charge on any atom is -0.322 e. The first-order valence-electron chi connectivity index (χ1n) is 9.79. The fourth-order valence-electron chi connectivity index (χ4n) is 3.54. The van der Waals surface area contributed by atoms with Gasteiger partial charge in [0.15, 0.2) is 5.69 Å². The number of fused-ring (bicyclic) bond motifs is 1. The molecular formula is C22H13ClF3N7O. The van der Waals surface area contributed by atoms with Gasteiger partial charge in [0, 0.05) is 23.5 Å². The molecule has 0 aliphatic carbocycles. The molecule has 1 N–H and O–H groups in total. The first-order chi connectivity index (χ1) is 16.3. The number of halogens is 4. The Hall–Kier alpha value is -4.25. The maximum absolute atomic E-state index is 14.1. The van der Waals surface area contributed by atoms with E-state index in [0.29, 0.717) is 21.1 Å². The molecule has 0 fully saturated rings. The summed E-state index contributed by atoms with van der Waals surface area (Å²) in [5, 5.41) is 15.6. The van der Waals surface area contributed by atoms with Crippen molar-refractivity contribution in [1.82, 2.24) is 29.8 Å². The fraction of sp³-hybridized carbons (Fsp3) is 0.0455. The normalized spacial score (nSPS) is 11.6. The van der Waals surface area contributed by atoms with Crippen LogP contribution in [0.15, 0.2) is 73.4 Å².